The first-order valence-electron chi connectivity index (χ1n) is 7.12. The van der Waals surface area contributed by atoms with Gasteiger partial charge in [0.1, 0.15) is 5.75 Å². The average Bonchev–Trinajstić information content (AvgIpc) is 2.64. The second-order valence-electron chi connectivity index (χ2n) is 5.32. The summed E-state index contributed by atoms with van der Waals surface area (Å²) in [5.74, 6) is 0.933. The van der Waals surface area contributed by atoms with Gasteiger partial charge in [-0.25, -0.2) is 0 Å². The summed E-state index contributed by atoms with van der Waals surface area (Å²) in [6, 6.07) is 7.94. The summed E-state index contributed by atoms with van der Waals surface area (Å²) >= 11 is 0. The van der Waals surface area contributed by atoms with Gasteiger partial charge in [0.15, 0.2) is 5.78 Å². The molecule has 0 bridgehead atoms. The lowest BCUT2D eigenvalue weighted by Gasteiger charge is -2.26. The number of Topliss-reactive ketones (excluding diaryl/α,β-unsaturated/α-hetero) is 1. The molecule has 0 radical (unpaired) electrons. The quantitative estimate of drug-likeness (QED) is 0.780. The van der Waals surface area contributed by atoms with E-state index in [9.17, 15) is 4.79 Å². The van der Waals surface area contributed by atoms with E-state index in [1.165, 1.54) is 25.7 Å². The molecule has 0 amide bonds. The van der Waals surface area contributed by atoms with E-state index in [0.29, 0.717) is 12.6 Å². The van der Waals surface area contributed by atoms with Crippen molar-refractivity contribution in [1.29, 1.82) is 0 Å². The standard InChI is InChI=1S/C16H23NO2/c1-13-7-4-3-5-10-17(13)12-16(18)14-8-6-9-15(11-14)19-2/h6,8-9,11,13H,3-5,7,10,12H2,1-2H3. The van der Waals surface area contributed by atoms with Crippen LogP contribution in [0.5, 0.6) is 5.75 Å². The average molecular weight is 261 g/mol. The van der Waals surface area contributed by atoms with Crippen molar-refractivity contribution in [2.45, 2.75) is 38.6 Å². The Morgan fingerprint density at radius 3 is 3.00 bits per heavy atom. The summed E-state index contributed by atoms with van der Waals surface area (Å²) in [4.78, 5) is 14.7. The van der Waals surface area contributed by atoms with Gasteiger partial charge in [-0.1, -0.05) is 25.0 Å². The molecule has 0 spiro atoms. The van der Waals surface area contributed by atoms with Crippen LogP contribution in [0.1, 0.15) is 43.0 Å². The van der Waals surface area contributed by atoms with Crippen LogP contribution < -0.4 is 4.74 Å². The van der Waals surface area contributed by atoms with Crippen molar-refractivity contribution < 1.29 is 9.53 Å². The number of carbonyl (C=O) groups excluding carboxylic acids is 1. The molecule has 0 aliphatic carbocycles. The number of hydrogen-bond acceptors (Lipinski definition) is 3. The van der Waals surface area contributed by atoms with E-state index in [2.05, 4.69) is 11.8 Å². The first kappa shape index (κ1) is 14.1. The molecule has 3 nitrogen and oxygen atoms in total. The molecular formula is C16H23NO2. The van der Waals surface area contributed by atoms with E-state index >= 15 is 0 Å². The Hall–Kier alpha value is -1.35. The van der Waals surface area contributed by atoms with Crippen molar-refractivity contribution in [3.05, 3.63) is 29.8 Å². The fourth-order valence-corrected chi connectivity index (χ4v) is 2.64. The largest absolute Gasteiger partial charge is 0.497 e. The molecule has 2 rings (SSSR count). The van der Waals surface area contributed by atoms with Gasteiger partial charge in [0.05, 0.1) is 13.7 Å². The minimum Gasteiger partial charge on any atom is -0.497 e. The van der Waals surface area contributed by atoms with Gasteiger partial charge in [-0.05, 0) is 38.4 Å². The van der Waals surface area contributed by atoms with E-state index in [-0.39, 0.29) is 5.78 Å². The minimum absolute atomic E-state index is 0.188. The molecule has 1 heterocycles. The Labute approximate surface area is 115 Å². The van der Waals surface area contributed by atoms with Crippen molar-refractivity contribution in [2.24, 2.45) is 0 Å². The highest BCUT2D eigenvalue weighted by Crippen LogP contribution is 2.18. The van der Waals surface area contributed by atoms with E-state index < -0.39 is 0 Å². The van der Waals surface area contributed by atoms with Crippen LogP contribution in [0.4, 0.5) is 0 Å². The zero-order valence-electron chi connectivity index (χ0n) is 11.9. The third-order valence-electron chi connectivity index (χ3n) is 3.93. The Balaban J connectivity index is 2.02. The number of hydrogen-bond donors (Lipinski definition) is 0. The SMILES string of the molecule is COc1cccc(C(=O)CN2CCCCCC2C)c1. The predicted octanol–water partition coefficient (Wildman–Crippen LogP) is 3.14. The van der Waals surface area contributed by atoms with Crippen molar-refractivity contribution >= 4 is 5.78 Å². The number of carbonyl (C=O) groups is 1. The maximum atomic E-state index is 12.3. The minimum atomic E-state index is 0.188. The molecule has 1 unspecified atom stereocenters. The fourth-order valence-electron chi connectivity index (χ4n) is 2.64. The highest BCUT2D eigenvalue weighted by Gasteiger charge is 2.20. The first-order valence-corrected chi connectivity index (χ1v) is 7.12. The molecule has 0 N–H and O–H groups in total. The van der Waals surface area contributed by atoms with Crippen LogP contribution >= 0.6 is 0 Å². The third-order valence-corrected chi connectivity index (χ3v) is 3.93. The van der Waals surface area contributed by atoms with E-state index in [1.54, 1.807) is 7.11 Å². The Bertz CT molecular complexity index is 431. The van der Waals surface area contributed by atoms with Gasteiger partial charge in [-0.2, -0.15) is 0 Å². The molecule has 1 aromatic rings. The van der Waals surface area contributed by atoms with Gasteiger partial charge in [-0.3, -0.25) is 9.69 Å². The molecule has 19 heavy (non-hydrogen) atoms. The summed E-state index contributed by atoms with van der Waals surface area (Å²) in [7, 11) is 1.63. The van der Waals surface area contributed by atoms with Crippen molar-refractivity contribution in [2.75, 3.05) is 20.2 Å². The zero-order valence-corrected chi connectivity index (χ0v) is 11.9. The van der Waals surface area contributed by atoms with Crippen LogP contribution in [0.25, 0.3) is 0 Å². The molecule has 1 fully saturated rings. The smallest absolute Gasteiger partial charge is 0.176 e. The third kappa shape index (κ3) is 3.80. The predicted molar refractivity (Wildman–Crippen MR) is 76.8 cm³/mol. The summed E-state index contributed by atoms with van der Waals surface area (Å²) in [6.45, 7) is 3.79. The van der Waals surface area contributed by atoms with E-state index in [0.717, 1.165) is 17.9 Å². The highest BCUT2D eigenvalue weighted by molar-refractivity contribution is 5.97. The molecule has 1 atom stereocenters. The summed E-state index contributed by atoms with van der Waals surface area (Å²) in [6.07, 6.45) is 4.97. The summed E-state index contributed by atoms with van der Waals surface area (Å²) in [5, 5.41) is 0. The van der Waals surface area contributed by atoms with Crippen LogP contribution in [0.15, 0.2) is 24.3 Å². The van der Waals surface area contributed by atoms with Crippen molar-refractivity contribution in [3.63, 3.8) is 0 Å². The van der Waals surface area contributed by atoms with E-state index in [1.807, 2.05) is 24.3 Å². The van der Waals surface area contributed by atoms with Gasteiger partial charge in [0, 0.05) is 11.6 Å². The number of nitrogens with zero attached hydrogens (tertiary/aromatic N) is 1. The molecule has 0 saturated carbocycles. The molecule has 1 aliphatic rings. The van der Waals surface area contributed by atoms with Gasteiger partial charge in [0.2, 0.25) is 0 Å². The van der Waals surface area contributed by atoms with Crippen LogP contribution in [0.3, 0.4) is 0 Å². The zero-order chi connectivity index (χ0) is 13.7. The molecule has 104 valence electrons. The molecule has 1 saturated heterocycles. The maximum Gasteiger partial charge on any atom is 0.176 e. The maximum absolute atomic E-state index is 12.3. The lowest BCUT2D eigenvalue weighted by Crippen LogP contribution is -2.37. The first-order chi connectivity index (χ1) is 9.20. The second-order valence-corrected chi connectivity index (χ2v) is 5.32. The molecule has 1 aromatic carbocycles. The Morgan fingerprint density at radius 2 is 2.21 bits per heavy atom. The van der Waals surface area contributed by atoms with Crippen LogP contribution in [0.2, 0.25) is 0 Å². The Kier molecular flexibility index (Phi) is 4.97. The topological polar surface area (TPSA) is 29.5 Å². The molecule has 3 heteroatoms. The summed E-state index contributed by atoms with van der Waals surface area (Å²) < 4.78 is 5.17. The highest BCUT2D eigenvalue weighted by atomic mass is 16.5. The molecular weight excluding hydrogens is 238 g/mol. The number of benzene rings is 1. The number of ketones is 1. The number of likely N-dealkylation sites (tertiary alicyclic amines) is 1. The van der Waals surface area contributed by atoms with Crippen LogP contribution in [0, 0.1) is 0 Å². The lowest BCUT2D eigenvalue weighted by molar-refractivity contribution is 0.0901. The number of rotatable bonds is 4. The summed E-state index contributed by atoms with van der Waals surface area (Å²) in [5.41, 5.74) is 0.746. The van der Waals surface area contributed by atoms with Gasteiger partial charge < -0.3 is 4.74 Å². The second kappa shape index (κ2) is 6.71. The Morgan fingerprint density at radius 1 is 1.37 bits per heavy atom. The van der Waals surface area contributed by atoms with Crippen LogP contribution in [-0.2, 0) is 0 Å². The fraction of sp³-hybridized carbons (Fsp3) is 0.562. The van der Waals surface area contributed by atoms with Gasteiger partial charge in [-0.15, -0.1) is 0 Å². The number of methoxy groups -OCH3 is 1. The van der Waals surface area contributed by atoms with E-state index in [4.69, 9.17) is 4.74 Å². The van der Waals surface area contributed by atoms with Gasteiger partial charge >= 0.3 is 0 Å². The molecule has 1 aliphatic heterocycles. The normalized spacial score (nSPS) is 20.8. The van der Waals surface area contributed by atoms with Crippen molar-refractivity contribution in [1.82, 2.24) is 4.90 Å². The van der Waals surface area contributed by atoms with Gasteiger partial charge in [0.25, 0.3) is 0 Å². The van der Waals surface area contributed by atoms with Crippen LogP contribution in [-0.4, -0.2) is 36.9 Å². The molecule has 0 aromatic heterocycles. The lowest BCUT2D eigenvalue weighted by atomic mass is 10.1. The van der Waals surface area contributed by atoms with Crippen molar-refractivity contribution in [3.8, 4) is 5.75 Å². The monoisotopic (exact) mass is 261 g/mol. The number of ether oxygens (including phenoxy) is 1.